The number of aliphatic hydroxyl groups is 2. The van der Waals surface area contributed by atoms with Crippen LogP contribution in [0.25, 0.3) is 56.3 Å². The molecule has 0 fully saturated rings. The maximum Gasteiger partial charge on any atom is 0.239 e. The molecular formula is C40H36N8O4. The molecule has 0 saturated heterocycles. The van der Waals surface area contributed by atoms with Crippen molar-refractivity contribution in [2.45, 2.75) is 12.8 Å². The molecule has 4 aromatic heterocycles. The van der Waals surface area contributed by atoms with Crippen LogP contribution in [0.5, 0.6) is 11.8 Å². The second kappa shape index (κ2) is 16.5. The van der Waals surface area contributed by atoms with Crippen molar-refractivity contribution in [1.82, 2.24) is 39.6 Å². The highest BCUT2D eigenvalue weighted by molar-refractivity contribution is 5.74. The molecule has 12 heteroatoms. The van der Waals surface area contributed by atoms with E-state index in [-0.39, 0.29) is 19.8 Å². The minimum atomic E-state index is -0.0817. The molecule has 2 N–H and O–H groups in total. The molecule has 0 bridgehead atoms. The molecule has 0 spiro atoms. The molecule has 0 unspecified atom stereocenters. The van der Waals surface area contributed by atoms with Gasteiger partial charge in [-0.25, -0.2) is 0 Å². The fraction of sp³-hybridized carbons (Fsp3) is 0.150. The number of aliphatic hydroxyl groups excluding tert-OH is 2. The van der Waals surface area contributed by atoms with Gasteiger partial charge in [0.15, 0.2) is 22.9 Å². The summed E-state index contributed by atoms with van der Waals surface area (Å²) in [5.74, 6) is 2.28. The Morgan fingerprint density at radius 2 is 0.846 bits per heavy atom. The highest BCUT2D eigenvalue weighted by Crippen LogP contribution is 2.32. The second-order valence-electron chi connectivity index (χ2n) is 11.6. The van der Waals surface area contributed by atoms with Crippen molar-refractivity contribution in [2.75, 3.05) is 26.4 Å². The van der Waals surface area contributed by atoms with E-state index in [1.54, 1.807) is 9.03 Å². The normalized spacial score (nSPS) is 11.0. The molecule has 0 aliphatic rings. The first kappa shape index (κ1) is 34.0. The first-order valence-corrected chi connectivity index (χ1v) is 17.0. The number of unbranched alkanes of at least 4 members (excludes halogenated alkanes) is 1. The molecule has 260 valence electrons. The highest BCUT2D eigenvalue weighted by atomic mass is 16.5. The van der Waals surface area contributed by atoms with Crippen molar-refractivity contribution in [1.29, 1.82) is 0 Å². The third kappa shape index (κ3) is 7.63. The molecule has 0 aliphatic carbocycles. The number of hydrogen-bond donors (Lipinski definition) is 2. The van der Waals surface area contributed by atoms with Crippen LogP contribution in [0.2, 0.25) is 0 Å². The molecular weight excluding hydrogens is 656 g/mol. The number of rotatable bonds is 12. The van der Waals surface area contributed by atoms with E-state index < -0.39 is 0 Å². The van der Waals surface area contributed by atoms with E-state index in [4.69, 9.17) is 24.8 Å². The van der Waals surface area contributed by atoms with Gasteiger partial charge in [0.25, 0.3) is 0 Å². The zero-order valence-corrected chi connectivity index (χ0v) is 28.2. The summed E-state index contributed by atoms with van der Waals surface area (Å²) in [5.41, 5.74) is 6.82. The zero-order valence-electron chi connectivity index (χ0n) is 28.2. The van der Waals surface area contributed by atoms with Crippen LogP contribution in [-0.2, 0) is 0 Å². The van der Waals surface area contributed by atoms with E-state index in [1.807, 2.05) is 133 Å². The average Bonchev–Trinajstić information content (AvgIpc) is 3.83. The summed E-state index contributed by atoms with van der Waals surface area (Å²) in [6, 6.07) is 43.2. The third-order valence-electron chi connectivity index (χ3n) is 8.07. The summed E-state index contributed by atoms with van der Waals surface area (Å²) in [7, 11) is 0. The summed E-state index contributed by atoms with van der Waals surface area (Å²) in [6.07, 6.45) is 1.46. The van der Waals surface area contributed by atoms with Crippen LogP contribution in [-0.4, -0.2) is 76.3 Å². The maximum absolute atomic E-state index is 9.11. The number of aromatic nitrogens is 8. The lowest BCUT2D eigenvalue weighted by atomic mass is 10.1. The SMILES string of the molecule is OCCCCOc1nn2c(-c3ccccc3)nnc2cc1-c1ccccc1.OCCOc1nn2c(-c3ccccc3)nnc2cc1-c1ccccc1. The molecule has 12 nitrogen and oxygen atoms in total. The first-order valence-electron chi connectivity index (χ1n) is 17.0. The molecule has 4 aromatic carbocycles. The predicted molar refractivity (Wildman–Crippen MR) is 198 cm³/mol. The molecule has 0 radical (unpaired) electrons. The Balaban J connectivity index is 0.000000162. The van der Waals surface area contributed by atoms with Crippen LogP contribution < -0.4 is 9.47 Å². The summed E-state index contributed by atoms with van der Waals surface area (Å²) < 4.78 is 15.0. The molecule has 4 heterocycles. The first-order chi connectivity index (χ1) is 25.7. The van der Waals surface area contributed by atoms with Crippen LogP contribution in [0.1, 0.15) is 12.8 Å². The van der Waals surface area contributed by atoms with Gasteiger partial charge in [0.1, 0.15) is 6.61 Å². The number of fused-ring (bicyclic) bond motifs is 2. The van der Waals surface area contributed by atoms with Gasteiger partial charge in [-0.2, -0.15) is 9.03 Å². The summed E-state index contributed by atoms with van der Waals surface area (Å²) in [5, 5.41) is 44.5. The van der Waals surface area contributed by atoms with Crippen LogP contribution in [0.3, 0.4) is 0 Å². The number of hydrogen-bond acceptors (Lipinski definition) is 10. The Kier molecular flexibility index (Phi) is 10.8. The molecule has 8 aromatic rings. The highest BCUT2D eigenvalue weighted by Gasteiger charge is 2.17. The van der Waals surface area contributed by atoms with Gasteiger partial charge in [-0.3, -0.25) is 0 Å². The number of benzene rings is 4. The van der Waals surface area contributed by atoms with Gasteiger partial charge >= 0.3 is 0 Å². The Hall–Kier alpha value is -6.50. The van der Waals surface area contributed by atoms with E-state index >= 15 is 0 Å². The Labute approximate surface area is 299 Å². The molecule has 0 aliphatic heterocycles. The van der Waals surface area contributed by atoms with Crippen LogP contribution >= 0.6 is 0 Å². The molecule has 0 amide bonds. The number of nitrogens with zero attached hydrogens (tertiary/aromatic N) is 8. The van der Waals surface area contributed by atoms with Gasteiger partial charge in [0.2, 0.25) is 11.8 Å². The molecule has 8 rings (SSSR count). The van der Waals surface area contributed by atoms with Gasteiger partial charge in [-0.05, 0) is 36.1 Å². The van der Waals surface area contributed by atoms with Crippen molar-refractivity contribution in [2.24, 2.45) is 0 Å². The van der Waals surface area contributed by atoms with Crippen LogP contribution in [0.15, 0.2) is 133 Å². The van der Waals surface area contributed by atoms with E-state index in [9.17, 15) is 0 Å². The Morgan fingerprint density at radius 1 is 0.442 bits per heavy atom. The minimum Gasteiger partial charge on any atom is -0.476 e. The maximum atomic E-state index is 9.11. The van der Waals surface area contributed by atoms with Crippen LogP contribution in [0.4, 0.5) is 0 Å². The van der Waals surface area contributed by atoms with Gasteiger partial charge in [-0.15, -0.1) is 30.6 Å². The standard InChI is InChI=1S/C21H20N4O2.C19H16N4O2/c26-13-7-8-14-27-21-18(16-9-3-1-4-10-16)15-19-22-23-20(25(19)24-21)17-11-5-2-6-12-17;24-11-12-25-19-16(14-7-3-1-4-8-14)13-17-20-21-18(23(17)22-19)15-9-5-2-6-10-15/h1-6,9-12,15,26H,7-8,13-14H2;1-10,13,24H,11-12H2. The van der Waals surface area contributed by atoms with Crippen molar-refractivity contribution in [3.63, 3.8) is 0 Å². The largest absolute Gasteiger partial charge is 0.476 e. The van der Waals surface area contributed by atoms with Crippen LogP contribution in [0, 0.1) is 0 Å². The number of ether oxygens (including phenoxy) is 2. The summed E-state index contributed by atoms with van der Waals surface area (Å²) in [6.45, 7) is 0.732. The van der Waals surface area contributed by atoms with E-state index in [0.29, 0.717) is 47.7 Å². The third-order valence-corrected chi connectivity index (χ3v) is 8.07. The lowest BCUT2D eigenvalue weighted by Crippen LogP contribution is -2.07. The van der Waals surface area contributed by atoms with Crippen molar-refractivity contribution in [3.8, 4) is 56.8 Å². The summed E-state index contributed by atoms with van der Waals surface area (Å²) in [4.78, 5) is 0. The lowest BCUT2D eigenvalue weighted by Gasteiger charge is -2.11. The fourth-order valence-electron chi connectivity index (χ4n) is 5.55. The molecule has 0 atom stereocenters. The topological polar surface area (TPSA) is 145 Å². The van der Waals surface area contributed by atoms with Crippen molar-refractivity contribution < 1.29 is 19.7 Å². The Morgan fingerprint density at radius 3 is 1.25 bits per heavy atom. The summed E-state index contributed by atoms with van der Waals surface area (Å²) >= 11 is 0. The van der Waals surface area contributed by atoms with Gasteiger partial charge in [-0.1, -0.05) is 121 Å². The molecule has 52 heavy (non-hydrogen) atoms. The van der Waals surface area contributed by atoms with E-state index in [2.05, 4.69) is 25.5 Å². The van der Waals surface area contributed by atoms with E-state index in [0.717, 1.165) is 39.8 Å². The quantitative estimate of drug-likeness (QED) is 0.137. The van der Waals surface area contributed by atoms with Gasteiger partial charge in [0, 0.05) is 28.9 Å². The molecule has 0 saturated carbocycles. The van der Waals surface area contributed by atoms with Crippen molar-refractivity contribution >= 4 is 11.3 Å². The second-order valence-corrected chi connectivity index (χ2v) is 11.6. The fourth-order valence-corrected chi connectivity index (χ4v) is 5.55. The van der Waals surface area contributed by atoms with Gasteiger partial charge < -0.3 is 19.7 Å². The van der Waals surface area contributed by atoms with E-state index in [1.165, 1.54) is 0 Å². The monoisotopic (exact) mass is 692 g/mol. The zero-order chi connectivity index (χ0) is 35.5. The Bertz CT molecular complexity index is 2330. The smallest absolute Gasteiger partial charge is 0.239 e. The minimum absolute atomic E-state index is 0.0817. The van der Waals surface area contributed by atoms with Gasteiger partial charge in [0.05, 0.1) is 13.2 Å². The predicted octanol–water partition coefficient (Wildman–Crippen LogP) is 6.44. The average molecular weight is 693 g/mol. The lowest BCUT2D eigenvalue weighted by molar-refractivity contribution is 0.196. The van der Waals surface area contributed by atoms with Crippen molar-refractivity contribution in [3.05, 3.63) is 133 Å².